The van der Waals surface area contributed by atoms with E-state index in [0.29, 0.717) is 5.56 Å². The molecule has 3 aliphatic heterocycles. The molecule has 9 atom stereocenters. The van der Waals surface area contributed by atoms with Gasteiger partial charge >= 0.3 is 17.7 Å². The van der Waals surface area contributed by atoms with E-state index < -0.39 is 106 Å². The first-order valence-corrected chi connectivity index (χ1v) is 19.8. The molecule has 15 heteroatoms. The predicted octanol–water partition coefficient (Wildman–Crippen LogP) is 6.11. The quantitative estimate of drug-likeness (QED) is 0.236. The third-order valence-electron chi connectivity index (χ3n) is 11.4. The Morgan fingerprint density at radius 3 is 2.23 bits per heavy atom. The van der Waals surface area contributed by atoms with Gasteiger partial charge in [0.2, 0.25) is 5.78 Å². The highest BCUT2D eigenvalue weighted by atomic mass is 35.5. The second kappa shape index (κ2) is 18.1. The van der Waals surface area contributed by atoms with E-state index in [9.17, 15) is 39.0 Å². The minimum atomic E-state index is -2.13. The molecule has 0 saturated carbocycles. The summed E-state index contributed by atoms with van der Waals surface area (Å²) in [7, 11) is 1.41. The Morgan fingerprint density at radius 2 is 1.60 bits per heavy atom. The van der Waals surface area contributed by atoms with Gasteiger partial charge in [0.05, 0.1) is 52.5 Å². The van der Waals surface area contributed by atoms with Crippen molar-refractivity contribution in [1.82, 2.24) is 5.32 Å². The zero-order valence-corrected chi connectivity index (χ0v) is 35.8. The molecule has 4 aliphatic rings. The number of halogens is 1. The number of hydrogen-bond acceptors (Lipinski definition) is 13. The van der Waals surface area contributed by atoms with E-state index in [4.69, 9.17) is 35.3 Å². The van der Waals surface area contributed by atoms with Crippen molar-refractivity contribution >= 4 is 46.8 Å². The summed E-state index contributed by atoms with van der Waals surface area (Å²) in [4.78, 5) is 82.2. The molecule has 0 aromatic heterocycles. The maximum atomic E-state index is 14.4. The molecular weight excluding hydrogens is 798 g/mol. The summed E-state index contributed by atoms with van der Waals surface area (Å²) in [6.07, 6.45) is 4.10. The van der Waals surface area contributed by atoms with E-state index >= 15 is 0 Å². The summed E-state index contributed by atoms with van der Waals surface area (Å²) < 4.78 is 29.4. The second-order valence-corrected chi connectivity index (χ2v) is 16.1. The molecule has 6 rings (SSSR count). The van der Waals surface area contributed by atoms with Gasteiger partial charge in [-0.3, -0.25) is 24.0 Å². The Labute approximate surface area is 353 Å². The molecule has 60 heavy (non-hydrogen) atoms. The van der Waals surface area contributed by atoms with Crippen LogP contribution in [-0.2, 0) is 23.8 Å². The van der Waals surface area contributed by atoms with Crippen molar-refractivity contribution < 1.29 is 62.7 Å². The highest BCUT2D eigenvalue weighted by Gasteiger charge is 2.52. The Balaban J connectivity index is 1.66. The number of allylic oxidation sites excluding steroid dienone is 4. The number of fused-ring (bicyclic) bond motifs is 14. The molecule has 0 radical (unpaired) electrons. The van der Waals surface area contributed by atoms with Gasteiger partial charge in [0.1, 0.15) is 17.6 Å². The largest absolute Gasteiger partial charge is 0.462 e. The first-order valence-electron chi connectivity index (χ1n) is 19.4. The van der Waals surface area contributed by atoms with E-state index in [2.05, 4.69) is 5.32 Å². The van der Waals surface area contributed by atoms with Crippen molar-refractivity contribution in [2.45, 2.75) is 92.5 Å². The monoisotopic (exact) mass is 847 g/mol. The smallest absolute Gasteiger partial charge is 0.343 e. The highest BCUT2D eigenvalue weighted by molar-refractivity contribution is 6.32. The second-order valence-electron chi connectivity index (χ2n) is 15.7. The molecule has 0 spiro atoms. The SMILES string of the molecule is CO[C@H]1/C=C/O[C@@]2(C)Oc3c(C)c(OC(=O)c4ccc(C)c(Cl)c4)c4c(c3C2=O)C(=O)C=C(NC(=O)/C(C)=C\C=C\[C@H](C)[C@H](O)[C@@H](C)[C@H](O)[C@H](C)[C@H](OC(C)=O)[C@@H]1C)C4=O. The lowest BCUT2D eigenvalue weighted by Gasteiger charge is -2.38. The molecular formula is C45H50ClNO13. The fourth-order valence-electron chi connectivity index (χ4n) is 7.61. The molecule has 5 bridgehead atoms. The molecule has 0 saturated heterocycles. The van der Waals surface area contributed by atoms with E-state index in [1.165, 1.54) is 65.2 Å². The molecule has 1 amide bonds. The number of ketones is 3. The summed E-state index contributed by atoms with van der Waals surface area (Å²) in [6, 6.07) is 4.45. The highest BCUT2D eigenvalue weighted by Crippen LogP contribution is 2.48. The number of aryl methyl sites for hydroxylation is 1. The molecule has 1 aliphatic carbocycles. The van der Waals surface area contributed by atoms with E-state index in [1.807, 2.05) is 0 Å². The third-order valence-corrected chi connectivity index (χ3v) is 11.8. The minimum Gasteiger partial charge on any atom is -0.462 e. The van der Waals surface area contributed by atoms with Crippen molar-refractivity contribution in [1.29, 1.82) is 0 Å². The number of carbonyl (C=O) groups excluding carboxylic acids is 6. The van der Waals surface area contributed by atoms with Crippen LogP contribution >= 0.6 is 11.6 Å². The van der Waals surface area contributed by atoms with Crippen LogP contribution in [0.15, 0.2) is 66.1 Å². The topological polar surface area (TPSA) is 201 Å². The minimum absolute atomic E-state index is 0.00567. The van der Waals surface area contributed by atoms with Gasteiger partial charge in [-0.1, -0.05) is 63.6 Å². The summed E-state index contributed by atoms with van der Waals surface area (Å²) >= 11 is 6.29. The van der Waals surface area contributed by atoms with E-state index in [0.717, 1.165) is 12.3 Å². The number of nitrogens with one attached hydrogen (secondary N) is 1. The number of aliphatic hydroxyl groups is 2. The molecule has 2 aromatic rings. The van der Waals surface area contributed by atoms with Crippen molar-refractivity contribution in [3.8, 4) is 11.5 Å². The molecule has 320 valence electrons. The van der Waals surface area contributed by atoms with Crippen LogP contribution in [0, 0.1) is 37.5 Å². The summed E-state index contributed by atoms with van der Waals surface area (Å²) in [5.41, 5.74) is -0.787. The van der Waals surface area contributed by atoms with Crippen LogP contribution in [0.25, 0.3) is 0 Å². The van der Waals surface area contributed by atoms with Crippen LogP contribution in [0.3, 0.4) is 0 Å². The summed E-state index contributed by atoms with van der Waals surface area (Å²) in [6.45, 7) is 14.0. The lowest BCUT2D eigenvalue weighted by molar-refractivity contribution is -0.160. The molecule has 2 aromatic carbocycles. The maximum absolute atomic E-state index is 14.4. The van der Waals surface area contributed by atoms with Gasteiger partial charge in [0.25, 0.3) is 11.7 Å². The Kier molecular flexibility index (Phi) is 13.7. The molecule has 0 fully saturated rings. The van der Waals surface area contributed by atoms with Crippen LogP contribution in [-0.4, -0.2) is 82.7 Å². The number of aliphatic hydroxyl groups excluding tert-OH is 2. The van der Waals surface area contributed by atoms with Gasteiger partial charge in [-0.2, -0.15) is 0 Å². The molecule has 0 unspecified atom stereocenters. The first kappa shape index (κ1) is 45.7. The maximum Gasteiger partial charge on any atom is 0.343 e. The third kappa shape index (κ3) is 8.87. The first-order chi connectivity index (χ1) is 28.1. The average molecular weight is 848 g/mol. The van der Waals surface area contributed by atoms with Crippen LogP contribution < -0.4 is 14.8 Å². The van der Waals surface area contributed by atoms with Crippen LogP contribution in [0.5, 0.6) is 11.5 Å². The van der Waals surface area contributed by atoms with Crippen LogP contribution in [0.4, 0.5) is 0 Å². The van der Waals surface area contributed by atoms with Crippen molar-refractivity contribution in [3.05, 3.63) is 105 Å². The number of carbonyl (C=O) groups is 6. The number of methoxy groups -OCH3 is 1. The van der Waals surface area contributed by atoms with Gasteiger partial charge in [0, 0.05) is 66.9 Å². The molecule has 3 heterocycles. The van der Waals surface area contributed by atoms with Gasteiger partial charge in [-0.25, -0.2) is 4.79 Å². The van der Waals surface area contributed by atoms with Crippen molar-refractivity contribution in [3.63, 3.8) is 0 Å². The van der Waals surface area contributed by atoms with Gasteiger partial charge in [0.15, 0.2) is 5.78 Å². The van der Waals surface area contributed by atoms with Gasteiger partial charge in [-0.15, -0.1) is 0 Å². The lowest BCUT2D eigenvalue weighted by Crippen LogP contribution is -2.46. The normalized spacial score (nSPS) is 30.6. The number of hydrogen-bond donors (Lipinski definition) is 3. The Hall–Kier alpha value is -5.41. The van der Waals surface area contributed by atoms with E-state index in [-0.39, 0.29) is 38.8 Å². The predicted molar refractivity (Wildman–Crippen MR) is 219 cm³/mol. The van der Waals surface area contributed by atoms with Crippen molar-refractivity contribution in [2.75, 3.05) is 7.11 Å². The van der Waals surface area contributed by atoms with Crippen LogP contribution in [0.1, 0.15) is 101 Å². The molecule has 3 N–H and O–H groups in total. The van der Waals surface area contributed by atoms with Crippen molar-refractivity contribution in [2.24, 2.45) is 23.7 Å². The number of esters is 2. The number of rotatable bonds is 4. The lowest BCUT2D eigenvalue weighted by atomic mass is 9.78. The van der Waals surface area contributed by atoms with Gasteiger partial charge < -0.3 is 39.2 Å². The average Bonchev–Trinajstić information content (AvgIpc) is 3.46. The fourth-order valence-corrected chi connectivity index (χ4v) is 7.79. The number of amides is 1. The Morgan fingerprint density at radius 1 is 0.917 bits per heavy atom. The number of ether oxygens (including phenoxy) is 5. The summed E-state index contributed by atoms with van der Waals surface area (Å²) in [5, 5.41) is 25.5. The fraction of sp³-hybridized carbons (Fsp3) is 0.422. The zero-order chi connectivity index (χ0) is 44.5. The van der Waals surface area contributed by atoms with Gasteiger partial charge in [-0.05, 0) is 44.5 Å². The molecule has 14 nitrogen and oxygen atoms in total. The van der Waals surface area contributed by atoms with Crippen LogP contribution in [0.2, 0.25) is 5.02 Å². The Bertz CT molecular complexity index is 2260. The number of benzene rings is 2. The number of Topliss-reactive ketones (excluding diaryl/α,β-unsaturated/α-hetero) is 2. The van der Waals surface area contributed by atoms with E-state index in [1.54, 1.807) is 46.8 Å². The standard InChI is InChI=1S/C45H50ClNO13/c1-20-14-15-28(18-29(20)46)44(55)59-40-26(7)41-35-33-31(49)19-30(38(52)34(33)40)47-43(54)22(3)13-11-12-21(2)36(50)24(5)37(51)25(6)39(58-27(8)48)23(4)32(56-10)16-17-57-45(9,60-41)42(35)53/h11-19,21,23-25,32,36-37,39,50-51H,1-10H3,(H,47,54)/b12-11+,17-16+,22-13-/t21-,23+,24+,25-,32-,36-,37-,39+,45-/m0/s1. The zero-order valence-electron chi connectivity index (χ0n) is 35.1. The summed E-state index contributed by atoms with van der Waals surface area (Å²) in [5.74, 6) is -10.2.